The second-order valence-corrected chi connectivity index (χ2v) is 4.46. The fourth-order valence-electron chi connectivity index (χ4n) is 2.23. The predicted molar refractivity (Wildman–Crippen MR) is 63.8 cm³/mol. The fraction of sp³-hybridized carbons (Fsp3) is 0.500. The van der Waals surface area contributed by atoms with Gasteiger partial charge in [-0.25, -0.2) is 0 Å². The Labute approximate surface area is 96.6 Å². The molecule has 2 heteroatoms. The lowest BCUT2D eigenvalue weighted by Gasteiger charge is -2.11. The first-order valence-electron chi connectivity index (χ1n) is 5.95. The molecule has 1 atom stereocenters. The second-order valence-electron chi connectivity index (χ2n) is 4.46. The normalized spacial score (nSPS) is 15.4. The molecule has 86 valence electrons. The van der Waals surface area contributed by atoms with Crippen molar-refractivity contribution in [3.63, 3.8) is 0 Å². The van der Waals surface area contributed by atoms with Crippen molar-refractivity contribution in [3.8, 4) is 5.75 Å². The minimum atomic E-state index is 0.167. The van der Waals surface area contributed by atoms with Crippen molar-refractivity contribution in [2.45, 2.75) is 33.1 Å². The molecule has 1 heterocycles. The van der Waals surface area contributed by atoms with Gasteiger partial charge in [0.2, 0.25) is 0 Å². The van der Waals surface area contributed by atoms with E-state index in [0.29, 0.717) is 5.78 Å². The molecule has 0 amide bonds. The van der Waals surface area contributed by atoms with E-state index in [1.54, 1.807) is 6.92 Å². The number of hydrogen-bond acceptors (Lipinski definition) is 2. The first-order chi connectivity index (χ1) is 7.70. The monoisotopic (exact) mass is 218 g/mol. The van der Waals surface area contributed by atoms with Crippen LogP contribution in [-0.4, -0.2) is 12.4 Å². The van der Waals surface area contributed by atoms with E-state index in [1.807, 2.05) is 6.07 Å². The number of carbonyl (C=O) groups is 1. The Morgan fingerprint density at radius 1 is 1.50 bits per heavy atom. The zero-order valence-electron chi connectivity index (χ0n) is 9.95. The Morgan fingerprint density at radius 3 is 3.00 bits per heavy atom. The Morgan fingerprint density at radius 2 is 2.31 bits per heavy atom. The summed E-state index contributed by atoms with van der Waals surface area (Å²) in [4.78, 5) is 11.4. The van der Waals surface area contributed by atoms with Crippen LogP contribution in [0.2, 0.25) is 0 Å². The van der Waals surface area contributed by atoms with E-state index in [-0.39, 0.29) is 5.92 Å². The van der Waals surface area contributed by atoms with Gasteiger partial charge in [-0.3, -0.25) is 4.79 Å². The number of ether oxygens (including phenoxy) is 1. The Bertz CT molecular complexity index is 396. The molecule has 0 N–H and O–H groups in total. The van der Waals surface area contributed by atoms with Crippen molar-refractivity contribution in [3.05, 3.63) is 29.3 Å². The van der Waals surface area contributed by atoms with Crippen LogP contribution in [0.4, 0.5) is 0 Å². The molecular formula is C14H18O2. The van der Waals surface area contributed by atoms with Crippen LogP contribution in [0.1, 0.15) is 31.4 Å². The average Bonchev–Trinajstić information content (AvgIpc) is 2.72. The third-order valence-corrected chi connectivity index (χ3v) is 3.30. The van der Waals surface area contributed by atoms with Gasteiger partial charge in [-0.2, -0.15) is 0 Å². The molecule has 0 aliphatic carbocycles. The summed E-state index contributed by atoms with van der Waals surface area (Å²) in [5.74, 6) is 1.47. The fourth-order valence-corrected chi connectivity index (χ4v) is 2.23. The third-order valence-electron chi connectivity index (χ3n) is 3.30. The molecule has 1 unspecified atom stereocenters. The lowest BCUT2D eigenvalue weighted by molar-refractivity contribution is -0.120. The van der Waals surface area contributed by atoms with Crippen LogP contribution in [0.3, 0.4) is 0 Å². The molecule has 0 saturated carbocycles. The summed E-state index contributed by atoms with van der Waals surface area (Å²) in [5, 5.41) is 0. The topological polar surface area (TPSA) is 26.3 Å². The number of rotatable bonds is 4. The molecule has 1 aliphatic rings. The second kappa shape index (κ2) is 4.69. The van der Waals surface area contributed by atoms with Crippen molar-refractivity contribution in [2.75, 3.05) is 6.61 Å². The molecule has 1 aromatic carbocycles. The van der Waals surface area contributed by atoms with Gasteiger partial charge >= 0.3 is 0 Å². The number of ketones is 1. The molecule has 1 aromatic rings. The van der Waals surface area contributed by atoms with Crippen LogP contribution in [0, 0.1) is 5.92 Å². The smallest absolute Gasteiger partial charge is 0.133 e. The quantitative estimate of drug-likeness (QED) is 0.776. The van der Waals surface area contributed by atoms with E-state index in [2.05, 4.69) is 19.1 Å². The molecule has 0 saturated heterocycles. The molecule has 16 heavy (non-hydrogen) atoms. The van der Waals surface area contributed by atoms with Gasteiger partial charge in [-0.05, 0) is 37.0 Å². The summed E-state index contributed by atoms with van der Waals surface area (Å²) in [7, 11) is 0. The first-order valence-corrected chi connectivity index (χ1v) is 5.95. The lowest BCUT2D eigenvalue weighted by Crippen LogP contribution is -2.12. The van der Waals surface area contributed by atoms with Crippen LogP contribution in [-0.2, 0) is 17.6 Å². The highest BCUT2D eigenvalue weighted by Crippen LogP contribution is 2.27. The van der Waals surface area contributed by atoms with Crippen molar-refractivity contribution in [1.29, 1.82) is 0 Å². The van der Waals surface area contributed by atoms with Crippen LogP contribution >= 0.6 is 0 Å². The third kappa shape index (κ3) is 2.26. The molecule has 0 aromatic heterocycles. The van der Waals surface area contributed by atoms with Crippen molar-refractivity contribution in [2.24, 2.45) is 5.92 Å². The zero-order chi connectivity index (χ0) is 11.5. The summed E-state index contributed by atoms with van der Waals surface area (Å²) in [6.07, 6.45) is 2.78. The van der Waals surface area contributed by atoms with E-state index in [0.717, 1.165) is 31.6 Å². The molecule has 0 fully saturated rings. The first kappa shape index (κ1) is 11.2. The number of benzene rings is 1. The zero-order valence-corrected chi connectivity index (χ0v) is 9.95. The van der Waals surface area contributed by atoms with E-state index >= 15 is 0 Å². The maximum absolute atomic E-state index is 11.4. The number of hydrogen-bond donors (Lipinski definition) is 0. The predicted octanol–water partition coefficient (Wildman–Crippen LogP) is 2.78. The van der Waals surface area contributed by atoms with Gasteiger partial charge in [-0.15, -0.1) is 0 Å². The minimum absolute atomic E-state index is 0.167. The average molecular weight is 218 g/mol. The number of carbonyl (C=O) groups excluding carboxylic acids is 1. The molecule has 0 radical (unpaired) electrons. The van der Waals surface area contributed by atoms with Crippen LogP contribution < -0.4 is 4.74 Å². The van der Waals surface area contributed by atoms with Gasteiger partial charge in [0.05, 0.1) is 6.61 Å². The Kier molecular flexibility index (Phi) is 3.28. The summed E-state index contributed by atoms with van der Waals surface area (Å²) in [5.41, 5.74) is 2.54. The van der Waals surface area contributed by atoms with Gasteiger partial charge in [0.1, 0.15) is 11.5 Å². The molecule has 1 aliphatic heterocycles. The van der Waals surface area contributed by atoms with Crippen LogP contribution in [0.15, 0.2) is 18.2 Å². The van der Waals surface area contributed by atoms with Gasteiger partial charge in [0, 0.05) is 12.3 Å². The molecular weight excluding hydrogens is 200 g/mol. The van der Waals surface area contributed by atoms with E-state index in [9.17, 15) is 4.79 Å². The Hall–Kier alpha value is -1.31. The molecule has 0 bridgehead atoms. The van der Waals surface area contributed by atoms with Crippen LogP contribution in [0.5, 0.6) is 5.75 Å². The summed E-state index contributed by atoms with van der Waals surface area (Å²) >= 11 is 0. The highest BCUT2D eigenvalue weighted by Gasteiger charge is 2.16. The SMILES string of the molecule is CCC(Cc1ccc2c(c1)CCO2)C(C)=O. The van der Waals surface area contributed by atoms with E-state index < -0.39 is 0 Å². The summed E-state index contributed by atoms with van der Waals surface area (Å²) < 4.78 is 5.47. The summed E-state index contributed by atoms with van der Waals surface area (Å²) in [6, 6.07) is 6.30. The number of Topliss-reactive ketones (excluding diaryl/α,β-unsaturated/α-hetero) is 1. The minimum Gasteiger partial charge on any atom is -0.493 e. The molecule has 2 nitrogen and oxygen atoms in total. The van der Waals surface area contributed by atoms with Gasteiger partial charge in [0.25, 0.3) is 0 Å². The highest BCUT2D eigenvalue weighted by atomic mass is 16.5. The van der Waals surface area contributed by atoms with Gasteiger partial charge in [0.15, 0.2) is 0 Å². The van der Waals surface area contributed by atoms with Gasteiger partial charge < -0.3 is 4.74 Å². The van der Waals surface area contributed by atoms with Crippen LogP contribution in [0.25, 0.3) is 0 Å². The molecule has 0 spiro atoms. The lowest BCUT2D eigenvalue weighted by atomic mass is 9.92. The summed E-state index contributed by atoms with van der Waals surface area (Å²) in [6.45, 7) is 4.55. The van der Waals surface area contributed by atoms with Crippen molar-refractivity contribution < 1.29 is 9.53 Å². The molecule has 2 rings (SSSR count). The van der Waals surface area contributed by atoms with E-state index in [1.165, 1.54) is 11.1 Å². The van der Waals surface area contributed by atoms with Crippen molar-refractivity contribution >= 4 is 5.78 Å². The van der Waals surface area contributed by atoms with E-state index in [4.69, 9.17) is 4.74 Å². The maximum Gasteiger partial charge on any atom is 0.133 e. The van der Waals surface area contributed by atoms with Crippen molar-refractivity contribution in [1.82, 2.24) is 0 Å². The largest absolute Gasteiger partial charge is 0.493 e. The Balaban J connectivity index is 2.13. The maximum atomic E-state index is 11.4. The highest BCUT2D eigenvalue weighted by molar-refractivity contribution is 5.78. The van der Waals surface area contributed by atoms with Gasteiger partial charge in [-0.1, -0.05) is 19.1 Å². The number of fused-ring (bicyclic) bond motifs is 1. The standard InChI is InChI=1S/C14H18O2/c1-3-12(10(2)15)8-11-4-5-14-13(9-11)6-7-16-14/h4-5,9,12H,3,6-8H2,1-2H3.